The molecule has 0 radical (unpaired) electrons. The third kappa shape index (κ3) is 4.79. The molecule has 0 aliphatic heterocycles. The first-order chi connectivity index (χ1) is 13.6. The molecule has 0 aromatic heterocycles. The van der Waals surface area contributed by atoms with Crippen LogP contribution in [0.4, 0.5) is 5.69 Å². The van der Waals surface area contributed by atoms with Gasteiger partial charge in [-0.2, -0.15) is 0 Å². The lowest BCUT2D eigenvalue weighted by Crippen LogP contribution is -2.30. The molecule has 8 heteroatoms. The molecular formula is C21H20N2O5S. The van der Waals surface area contributed by atoms with Crippen LogP contribution in [-0.2, 0) is 19.6 Å². The molecule has 0 aliphatic carbocycles. The Morgan fingerprint density at radius 3 is 2.38 bits per heavy atom. The molecule has 1 atom stereocenters. The second kappa shape index (κ2) is 8.02. The molecule has 0 fully saturated rings. The van der Waals surface area contributed by atoms with Crippen molar-refractivity contribution in [3.05, 3.63) is 71.8 Å². The van der Waals surface area contributed by atoms with E-state index in [1.165, 1.54) is 19.1 Å². The van der Waals surface area contributed by atoms with Crippen molar-refractivity contribution in [1.29, 1.82) is 0 Å². The predicted octanol–water partition coefficient (Wildman–Crippen LogP) is 2.98. The Balaban J connectivity index is 1.71. The molecule has 1 amide bonds. The molecule has 0 heterocycles. The lowest BCUT2D eigenvalue weighted by molar-refractivity contribution is -0.123. The number of carbonyl (C=O) groups is 2. The number of sulfonamides is 1. The van der Waals surface area contributed by atoms with Crippen molar-refractivity contribution >= 4 is 38.4 Å². The normalized spacial score (nSPS) is 12.4. The van der Waals surface area contributed by atoms with E-state index in [2.05, 4.69) is 5.32 Å². The highest BCUT2D eigenvalue weighted by Crippen LogP contribution is 2.20. The summed E-state index contributed by atoms with van der Waals surface area (Å²) in [5.74, 6) is -1.33. The number of aryl methyl sites for hydroxylation is 1. The number of primary sulfonamides is 1. The second-order valence-electron chi connectivity index (χ2n) is 6.62. The monoisotopic (exact) mass is 412 g/mol. The molecule has 29 heavy (non-hydrogen) atoms. The number of esters is 1. The second-order valence-corrected chi connectivity index (χ2v) is 8.15. The standard InChI is InChI=1S/C21H20N2O5S/c1-13-7-8-17(12-19(13)29(22,26)27)21(25)28-14(2)20(24)23-18-10-9-15-5-3-4-6-16(15)11-18/h3-12,14H,1-2H3,(H,23,24)(H2,22,26,27). The summed E-state index contributed by atoms with van der Waals surface area (Å²) in [6.45, 7) is 3.00. The number of nitrogens with two attached hydrogens (primary N) is 1. The van der Waals surface area contributed by atoms with Crippen LogP contribution in [0, 0.1) is 6.92 Å². The Morgan fingerprint density at radius 2 is 1.69 bits per heavy atom. The van der Waals surface area contributed by atoms with Gasteiger partial charge in [-0.05, 0) is 54.4 Å². The summed E-state index contributed by atoms with van der Waals surface area (Å²) < 4.78 is 28.4. The molecule has 0 bridgehead atoms. The van der Waals surface area contributed by atoms with Crippen molar-refractivity contribution in [3.8, 4) is 0 Å². The predicted molar refractivity (Wildman–Crippen MR) is 110 cm³/mol. The van der Waals surface area contributed by atoms with Gasteiger partial charge in [-0.3, -0.25) is 4.79 Å². The highest BCUT2D eigenvalue weighted by molar-refractivity contribution is 7.89. The molecule has 7 nitrogen and oxygen atoms in total. The van der Waals surface area contributed by atoms with E-state index >= 15 is 0 Å². The number of fused-ring (bicyclic) bond motifs is 1. The zero-order valence-electron chi connectivity index (χ0n) is 15.9. The quantitative estimate of drug-likeness (QED) is 0.625. The lowest BCUT2D eigenvalue weighted by Gasteiger charge is -2.14. The molecule has 0 spiro atoms. The molecule has 3 rings (SSSR count). The number of benzene rings is 3. The fourth-order valence-electron chi connectivity index (χ4n) is 2.83. The number of nitrogens with one attached hydrogen (secondary N) is 1. The van der Waals surface area contributed by atoms with Gasteiger partial charge in [0, 0.05) is 5.69 Å². The zero-order valence-corrected chi connectivity index (χ0v) is 16.7. The van der Waals surface area contributed by atoms with Crippen LogP contribution in [0.25, 0.3) is 10.8 Å². The molecule has 0 saturated heterocycles. The van der Waals surface area contributed by atoms with Crippen molar-refractivity contribution in [1.82, 2.24) is 0 Å². The van der Waals surface area contributed by atoms with Crippen LogP contribution in [0.1, 0.15) is 22.8 Å². The summed E-state index contributed by atoms with van der Waals surface area (Å²) in [6, 6.07) is 17.2. The van der Waals surface area contributed by atoms with Gasteiger partial charge in [0.2, 0.25) is 10.0 Å². The number of amides is 1. The first-order valence-corrected chi connectivity index (χ1v) is 10.3. The zero-order chi connectivity index (χ0) is 21.2. The van der Waals surface area contributed by atoms with Crippen LogP contribution >= 0.6 is 0 Å². The Hall–Kier alpha value is -3.23. The number of carbonyl (C=O) groups excluding carboxylic acids is 2. The molecule has 150 valence electrons. The molecule has 3 aromatic carbocycles. The maximum Gasteiger partial charge on any atom is 0.338 e. The summed E-state index contributed by atoms with van der Waals surface area (Å²) in [6.07, 6.45) is -1.09. The van der Waals surface area contributed by atoms with Gasteiger partial charge in [-0.1, -0.05) is 36.4 Å². The van der Waals surface area contributed by atoms with Gasteiger partial charge in [0.25, 0.3) is 5.91 Å². The number of ether oxygens (including phenoxy) is 1. The smallest absolute Gasteiger partial charge is 0.338 e. The minimum absolute atomic E-state index is 0.00928. The summed E-state index contributed by atoms with van der Waals surface area (Å²) in [4.78, 5) is 24.6. The van der Waals surface area contributed by atoms with Crippen LogP contribution in [0.3, 0.4) is 0 Å². The van der Waals surface area contributed by atoms with Crippen molar-refractivity contribution in [2.24, 2.45) is 5.14 Å². The van der Waals surface area contributed by atoms with E-state index in [-0.39, 0.29) is 10.5 Å². The third-order valence-electron chi connectivity index (χ3n) is 4.40. The number of rotatable bonds is 5. The Morgan fingerprint density at radius 1 is 1.00 bits per heavy atom. The van der Waals surface area contributed by atoms with E-state index in [4.69, 9.17) is 9.88 Å². The van der Waals surface area contributed by atoms with Gasteiger partial charge < -0.3 is 10.1 Å². The highest BCUT2D eigenvalue weighted by atomic mass is 32.2. The van der Waals surface area contributed by atoms with Gasteiger partial charge in [-0.15, -0.1) is 0 Å². The maximum atomic E-state index is 12.4. The number of hydrogen-bond donors (Lipinski definition) is 2. The third-order valence-corrected chi connectivity index (χ3v) is 5.45. The van der Waals surface area contributed by atoms with Crippen LogP contribution in [0.2, 0.25) is 0 Å². The fraction of sp³-hybridized carbons (Fsp3) is 0.143. The van der Waals surface area contributed by atoms with Crippen molar-refractivity contribution in [2.75, 3.05) is 5.32 Å². The van der Waals surface area contributed by atoms with Crippen molar-refractivity contribution in [2.45, 2.75) is 24.8 Å². The highest BCUT2D eigenvalue weighted by Gasteiger charge is 2.21. The first-order valence-electron chi connectivity index (χ1n) is 8.79. The Bertz CT molecular complexity index is 1200. The Kier molecular flexibility index (Phi) is 5.67. The molecule has 3 N–H and O–H groups in total. The van der Waals surface area contributed by atoms with Crippen LogP contribution in [0.5, 0.6) is 0 Å². The van der Waals surface area contributed by atoms with E-state index in [0.717, 1.165) is 16.8 Å². The van der Waals surface area contributed by atoms with Gasteiger partial charge >= 0.3 is 5.97 Å². The molecule has 3 aromatic rings. The van der Waals surface area contributed by atoms with Crippen LogP contribution in [-0.4, -0.2) is 26.4 Å². The number of hydrogen-bond acceptors (Lipinski definition) is 5. The SMILES string of the molecule is Cc1ccc(C(=O)OC(C)C(=O)Nc2ccc3ccccc3c2)cc1S(N)(=O)=O. The fourth-order valence-corrected chi connectivity index (χ4v) is 3.63. The first kappa shape index (κ1) is 20.5. The van der Waals surface area contributed by atoms with Gasteiger partial charge in [0.15, 0.2) is 6.10 Å². The molecule has 0 saturated carbocycles. The van der Waals surface area contributed by atoms with Gasteiger partial charge in [-0.25, -0.2) is 18.4 Å². The van der Waals surface area contributed by atoms with Crippen molar-refractivity contribution in [3.63, 3.8) is 0 Å². The summed E-state index contributed by atoms with van der Waals surface area (Å²) in [5.41, 5.74) is 0.972. The average Bonchev–Trinajstić information content (AvgIpc) is 2.67. The maximum absolute atomic E-state index is 12.4. The Labute approximate surface area is 168 Å². The van der Waals surface area contributed by atoms with Crippen LogP contribution < -0.4 is 10.5 Å². The van der Waals surface area contributed by atoms with E-state index < -0.39 is 28.0 Å². The largest absolute Gasteiger partial charge is 0.449 e. The summed E-state index contributed by atoms with van der Waals surface area (Å²) in [5, 5.41) is 9.86. The minimum atomic E-state index is -3.98. The average molecular weight is 412 g/mol. The number of anilines is 1. The molecule has 1 unspecified atom stereocenters. The lowest BCUT2D eigenvalue weighted by atomic mass is 10.1. The van der Waals surface area contributed by atoms with E-state index in [1.54, 1.807) is 13.0 Å². The van der Waals surface area contributed by atoms with E-state index in [0.29, 0.717) is 11.3 Å². The molecule has 0 aliphatic rings. The van der Waals surface area contributed by atoms with Crippen molar-refractivity contribution < 1.29 is 22.7 Å². The summed E-state index contributed by atoms with van der Waals surface area (Å²) in [7, 11) is -3.98. The topological polar surface area (TPSA) is 116 Å². The van der Waals surface area contributed by atoms with E-state index in [1.807, 2.05) is 36.4 Å². The minimum Gasteiger partial charge on any atom is -0.449 e. The van der Waals surface area contributed by atoms with Gasteiger partial charge in [0.1, 0.15) is 0 Å². The van der Waals surface area contributed by atoms with E-state index in [9.17, 15) is 18.0 Å². The van der Waals surface area contributed by atoms with Crippen LogP contribution in [0.15, 0.2) is 65.6 Å². The van der Waals surface area contributed by atoms with Gasteiger partial charge in [0.05, 0.1) is 10.5 Å². The summed E-state index contributed by atoms with van der Waals surface area (Å²) >= 11 is 0. The molecular weight excluding hydrogens is 392 g/mol.